The summed E-state index contributed by atoms with van der Waals surface area (Å²) in [7, 11) is 0. The second kappa shape index (κ2) is 2.98. The number of hydrogen-bond donors (Lipinski definition) is 0. The van der Waals surface area contributed by atoms with Crippen LogP contribution in [0.3, 0.4) is 0 Å². The summed E-state index contributed by atoms with van der Waals surface area (Å²) in [4.78, 5) is 32.0. The predicted octanol–water partition coefficient (Wildman–Crippen LogP) is 1.01. The predicted molar refractivity (Wildman–Crippen MR) is 65.5 cm³/mol. The van der Waals surface area contributed by atoms with Crippen molar-refractivity contribution in [3.05, 3.63) is 67.5 Å². The first-order valence-corrected chi connectivity index (χ1v) is 5.53. The Morgan fingerprint density at radius 2 is 1.83 bits per heavy atom. The number of fused-ring (bicyclic) bond motifs is 4. The van der Waals surface area contributed by atoms with Crippen LogP contribution in [0, 0.1) is 10.6 Å². The highest BCUT2D eigenvalue weighted by Gasteiger charge is 2.19. The van der Waals surface area contributed by atoms with Crippen molar-refractivity contribution in [2.75, 3.05) is 0 Å². The van der Waals surface area contributed by atoms with Crippen molar-refractivity contribution in [2.45, 2.75) is 0 Å². The molecule has 2 aliphatic carbocycles. The fourth-order valence-electron chi connectivity index (χ4n) is 2.45. The third-order valence-electron chi connectivity index (χ3n) is 3.23. The van der Waals surface area contributed by atoms with Crippen LogP contribution in [0.2, 0.25) is 0 Å². The van der Waals surface area contributed by atoms with Crippen molar-refractivity contribution >= 4 is 0 Å². The van der Waals surface area contributed by atoms with Gasteiger partial charge in [0.05, 0.1) is 5.69 Å². The Hall–Kier alpha value is -2.62. The summed E-state index contributed by atoms with van der Waals surface area (Å²) in [6, 6.07) is 8.27. The van der Waals surface area contributed by atoms with Gasteiger partial charge < -0.3 is 0 Å². The molecule has 0 saturated carbocycles. The molecule has 4 nitrogen and oxygen atoms in total. The number of para-hydroxylation sites is 1. The summed E-state index contributed by atoms with van der Waals surface area (Å²) in [6.07, 6.45) is 1.66. The van der Waals surface area contributed by atoms with Gasteiger partial charge in [0.2, 0.25) is 10.9 Å². The third-order valence-corrected chi connectivity index (χ3v) is 3.23. The van der Waals surface area contributed by atoms with Gasteiger partial charge in [0.25, 0.3) is 0 Å². The number of nitrogens with zero attached hydrogens (tertiary/aromatic N) is 2. The second-order valence-corrected chi connectivity index (χ2v) is 4.24. The van der Waals surface area contributed by atoms with Gasteiger partial charge in [-0.15, -0.1) is 0 Å². The zero-order valence-electron chi connectivity index (χ0n) is 9.18. The van der Waals surface area contributed by atoms with E-state index in [-0.39, 0.29) is 10.9 Å². The standard InChI is InChI=1S/C14H6N2O2/c17-10-3-1-2-8-12-7-4-5-15-9(7)6-11(18)14(12)16-13(8)10/h1-6H. The highest BCUT2D eigenvalue weighted by atomic mass is 16.1. The maximum Gasteiger partial charge on any atom is 0.207 e. The van der Waals surface area contributed by atoms with Crippen LogP contribution in [-0.2, 0) is 0 Å². The van der Waals surface area contributed by atoms with Crippen LogP contribution >= 0.6 is 0 Å². The van der Waals surface area contributed by atoms with Gasteiger partial charge in [0.1, 0.15) is 11.0 Å². The average molecular weight is 234 g/mol. The first kappa shape index (κ1) is 9.41. The molecule has 0 amide bonds. The highest BCUT2D eigenvalue weighted by Crippen LogP contribution is 2.27. The Labute approximate surface area is 101 Å². The third kappa shape index (κ3) is 0.996. The molecule has 0 unspecified atom stereocenters. The molecule has 4 heteroatoms. The van der Waals surface area contributed by atoms with Crippen molar-refractivity contribution in [2.24, 2.45) is 0 Å². The minimum Gasteiger partial charge on any atom is -0.288 e. The van der Waals surface area contributed by atoms with Crippen LogP contribution < -0.4 is 10.9 Å². The number of rotatable bonds is 0. The largest absolute Gasteiger partial charge is 0.288 e. The van der Waals surface area contributed by atoms with Gasteiger partial charge in [-0.25, -0.2) is 4.98 Å². The molecule has 0 aromatic rings. The Kier molecular flexibility index (Phi) is 1.56. The van der Waals surface area contributed by atoms with Crippen LogP contribution in [0.15, 0.2) is 46.1 Å². The van der Waals surface area contributed by atoms with Gasteiger partial charge in [-0.05, 0) is 12.1 Å². The normalized spacial score (nSPS) is 11.8. The van der Waals surface area contributed by atoms with Gasteiger partial charge in [-0.2, -0.15) is 0 Å². The average Bonchev–Trinajstić information content (AvgIpc) is 2.93. The quantitative estimate of drug-likeness (QED) is 0.455. The van der Waals surface area contributed by atoms with E-state index in [1.807, 2.05) is 12.1 Å². The topological polar surface area (TPSA) is 59.9 Å². The molecule has 84 valence electrons. The van der Waals surface area contributed by atoms with Crippen molar-refractivity contribution < 1.29 is 0 Å². The molecule has 4 aliphatic rings. The SMILES string of the molecule is O=c1cccc2c3c4ccnc-4cc(=O)c=3nc1-2. The van der Waals surface area contributed by atoms with E-state index in [2.05, 4.69) is 9.97 Å². The lowest BCUT2D eigenvalue weighted by molar-refractivity contribution is 1.25. The number of aromatic nitrogens is 2. The van der Waals surface area contributed by atoms with Gasteiger partial charge in [-0.3, -0.25) is 14.6 Å². The summed E-state index contributed by atoms with van der Waals surface area (Å²) in [5.41, 5.74) is 2.27. The molecule has 0 N–H and O–H groups in total. The van der Waals surface area contributed by atoms with E-state index in [4.69, 9.17) is 0 Å². The molecule has 0 atom stereocenters. The van der Waals surface area contributed by atoms with Crippen molar-refractivity contribution in [1.82, 2.24) is 9.97 Å². The molecule has 2 aliphatic heterocycles. The molecule has 18 heavy (non-hydrogen) atoms. The van der Waals surface area contributed by atoms with Gasteiger partial charge in [0, 0.05) is 28.6 Å². The van der Waals surface area contributed by atoms with Crippen LogP contribution in [0.1, 0.15) is 0 Å². The molecule has 0 spiro atoms. The second-order valence-electron chi connectivity index (χ2n) is 4.24. The molecule has 0 aromatic carbocycles. The molecule has 0 fully saturated rings. The fraction of sp³-hybridized carbons (Fsp3) is 0. The lowest BCUT2D eigenvalue weighted by Gasteiger charge is -1.98. The fourth-order valence-corrected chi connectivity index (χ4v) is 2.45. The highest BCUT2D eigenvalue weighted by molar-refractivity contribution is 5.73. The van der Waals surface area contributed by atoms with E-state index in [0.717, 1.165) is 16.3 Å². The van der Waals surface area contributed by atoms with Crippen LogP contribution in [0.5, 0.6) is 0 Å². The molecular weight excluding hydrogens is 228 g/mol. The molecule has 0 radical (unpaired) electrons. The van der Waals surface area contributed by atoms with Crippen molar-refractivity contribution in [1.29, 1.82) is 0 Å². The van der Waals surface area contributed by atoms with E-state index in [9.17, 15) is 9.59 Å². The number of benzene rings is 1. The number of hydrogen-bond acceptors (Lipinski definition) is 4. The first-order chi connectivity index (χ1) is 8.75. The van der Waals surface area contributed by atoms with Crippen LogP contribution in [0.4, 0.5) is 0 Å². The van der Waals surface area contributed by atoms with Gasteiger partial charge >= 0.3 is 0 Å². The van der Waals surface area contributed by atoms with Crippen LogP contribution in [0.25, 0.3) is 22.5 Å². The van der Waals surface area contributed by atoms with Gasteiger partial charge in [0.15, 0.2) is 0 Å². The molecular formula is C14H6N2O2. The van der Waals surface area contributed by atoms with E-state index < -0.39 is 0 Å². The Bertz CT molecular complexity index is 966. The molecule has 0 saturated heterocycles. The minimum absolute atomic E-state index is 0.157. The maximum absolute atomic E-state index is 12.0. The minimum atomic E-state index is -0.188. The molecule has 2 heterocycles. The summed E-state index contributed by atoms with van der Waals surface area (Å²) < 4.78 is 0. The van der Waals surface area contributed by atoms with E-state index >= 15 is 0 Å². The molecule has 0 bridgehead atoms. The van der Waals surface area contributed by atoms with Crippen molar-refractivity contribution in [3.8, 4) is 22.5 Å². The van der Waals surface area contributed by atoms with E-state index in [0.29, 0.717) is 16.7 Å². The summed E-state index contributed by atoms with van der Waals surface area (Å²) in [6.45, 7) is 0. The molecule has 4 rings (SSSR count). The molecule has 0 aromatic heterocycles. The summed E-state index contributed by atoms with van der Waals surface area (Å²) in [5.74, 6) is 0. The monoisotopic (exact) mass is 234 g/mol. The Morgan fingerprint density at radius 1 is 0.944 bits per heavy atom. The maximum atomic E-state index is 12.0. The smallest absolute Gasteiger partial charge is 0.207 e. The Morgan fingerprint density at radius 3 is 2.72 bits per heavy atom. The zero-order chi connectivity index (χ0) is 12.3. The zero-order valence-corrected chi connectivity index (χ0v) is 9.18. The lowest BCUT2D eigenvalue weighted by atomic mass is 10.0. The lowest BCUT2D eigenvalue weighted by Crippen LogP contribution is -2.04. The van der Waals surface area contributed by atoms with E-state index in [1.165, 1.54) is 12.1 Å². The van der Waals surface area contributed by atoms with E-state index in [1.54, 1.807) is 12.3 Å². The van der Waals surface area contributed by atoms with Gasteiger partial charge in [-0.1, -0.05) is 12.1 Å². The van der Waals surface area contributed by atoms with Crippen LogP contribution in [-0.4, -0.2) is 9.97 Å². The van der Waals surface area contributed by atoms with Crippen molar-refractivity contribution in [3.63, 3.8) is 0 Å². The first-order valence-electron chi connectivity index (χ1n) is 5.53. The summed E-state index contributed by atoms with van der Waals surface area (Å²) >= 11 is 0. The Balaban J connectivity index is 2.43. The summed E-state index contributed by atoms with van der Waals surface area (Å²) in [5, 5.41) is 1.09.